The van der Waals surface area contributed by atoms with E-state index >= 15 is 0 Å². The van der Waals surface area contributed by atoms with Gasteiger partial charge in [-0.25, -0.2) is 13.6 Å². The zero-order valence-electron chi connectivity index (χ0n) is 14.9. The van der Waals surface area contributed by atoms with Crippen LogP contribution in [0.25, 0.3) is 0 Å². The molecule has 1 aromatic carbocycles. The molecule has 2 aliphatic rings. The molecule has 3 rings (SSSR count). The minimum Gasteiger partial charge on any atom is -0.369 e. The highest BCUT2D eigenvalue weighted by Gasteiger charge is 2.28. The van der Waals surface area contributed by atoms with Crippen LogP contribution < -0.4 is 10.0 Å². The number of nitro groups is 1. The van der Waals surface area contributed by atoms with Gasteiger partial charge < -0.3 is 9.80 Å². The SMILES string of the molecule is CN1CCCC(N2CCN(c3cc([N+](=O)[O-])cc(S(N)(=O)=O)c3)CC2)C1. The van der Waals surface area contributed by atoms with E-state index < -0.39 is 14.9 Å². The van der Waals surface area contributed by atoms with Crippen molar-refractivity contribution in [3.05, 3.63) is 28.3 Å². The molecule has 9 nitrogen and oxygen atoms in total. The Hall–Kier alpha value is -1.75. The molecule has 2 N–H and O–H groups in total. The van der Waals surface area contributed by atoms with Gasteiger partial charge in [0.15, 0.2) is 0 Å². The fraction of sp³-hybridized carbons (Fsp3) is 0.625. The molecule has 1 aromatic rings. The van der Waals surface area contributed by atoms with Crippen LogP contribution in [0, 0.1) is 10.1 Å². The molecule has 2 saturated heterocycles. The third kappa shape index (κ3) is 4.32. The number of benzene rings is 1. The smallest absolute Gasteiger partial charge is 0.272 e. The van der Waals surface area contributed by atoms with Crippen molar-refractivity contribution in [2.24, 2.45) is 5.14 Å². The summed E-state index contributed by atoms with van der Waals surface area (Å²) in [7, 11) is -1.86. The summed E-state index contributed by atoms with van der Waals surface area (Å²) in [4.78, 5) is 17.1. The van der Waals surface area contributed by atoms with Crippen LogP contribution in [0.1, 0.15) is 12.8 Å². The van der Waals surface area contributed by atoms with Crippen LogP contribution >= 0.6 is 0 Å². The summed E-state index contributed by atoms with van der Waals surface area (Å²) in [6.07, 6.45) is 2.39. The standard InChI is InChI=1S/C16H25N5O4S/c1-18-4-2-3-13(12-18)19-5-7-20(8-6-19)14-9-15(21(22)23)11-16(10-14)26(17,24)25/h9-11,13H,2-8,12H2,1H3,(H2,17,24,25). The predicted octanol–water partition coefficient (Wildman–Crippen LogP) is 0.458. The first-order valence-corrected chi connectivity index (χ1v) is 10.3. The molecule has 2 aliphatic heterocycles. The van der Waals surface area contributed by atoms with Gasteiger partial charge in [-0.05, 0) is 32.5 Å². The highest BCUT2D eigenvalue weighted by atomic mass is 32.2. The Balaban J connectivity index is 1.74. The molecular formula is C16H25N5O4S. The molecule has 0 amide bonds. The van der Waals surface area contributed by atoms with Gasteiger partial charge in [0.25, 0.3) is 5.69 Å². The molecule has 1 unspecified atom stereocenters. The van der Waals surface area contributed by atoms with Crippen molar-refractivity contribution >= 4 is 21.4 Å². The van der Waals surface area contributed by atoms with E-state index in [1.54, 1.807) is 0 Å². The van der Waals surface area contributed by atoms with Crippen LogP contribution in [0.3, 0.4) is 0 Å². The molecule has 10 heteroatoms. The lowest BCUT2D eigenvalue weighted by atomic mass is 10.0. The fourth-order valence-corrected chi connectivity index (χ4v) is 4.37. The fourth-order valence-electron chi connectivity index (χ4n) is 3.80. The molecule has 0 saturated carbocycles. The molecule has 2 heterocycles. The molecule has 0 aromatic heterocycles. The summed E-state index contributed by atoms with van der Waals surface area (Å²) >= 11 is 0. The molecule has 0 aliphatic carbocycles. The number of hydrogen-bond donors (Lipinski definition) is 1. The van der Waals surface area contributed by atoms with Gasteiger partial charge in [0, 0.05) is 56.6 Å². The lowest BCUT2D eigenvalue weighted by Gasteiger charge is -2.43. The van der Waals surface area contributed by atoms with Gasteiger partial charge >= 0.3 is 0 Å². The number of nitrogens with two attached hydrogens (primary N) is 1. The lowest BCUT2D eigenvalue weighted by molar-refractivity contribution is -0.385. The number of hydrogen-bond acceptors (Lipinski definition) is 7. The molecular weight excluding hydrogens is 358 g/mol. The summed E-state index contributed by atoms with van der Waals surface area (Å²) in [5.41, 5.74) is 0.270. The molecule has 26 heavy (non-hydrogen) atoms. The van der Waals surface area contributed by atoms with E-state index in [1.807, 2.05) is 4.90 Å². The molecule has 1 atom stereocenters. The quantitative estimate of drug-likeness (QED) is 0.593. The summed E-state index contributed by atoms with van der Waals surface area (Å²) in [6.45, 7) is 5.31. The van der Waals surface area contributed by atoms with Crippen molar-refractivity contribution in [2.75, 3.05) is 51.2 Å². The first-order valence-electron chi connectivity index (χ1n) is 8.74. The highest BCUT2D eigenvalue weighted by Crippen LogP contribution is 2.27. The van der Waals surface area contributed by atoms with E-state index in [4.69, 9.17) is 5.14 Å². The van der Waals surface area contributed by atoms with Crippen LogP contribution in [-0.2, 0) is 10.0 Å². The van der Waals surface area contributed by atoms with Crippen molar-refractivity contribution in [3.63, 3.8) is 0 Å². The summed E-state index contributed by atoms with van der Waals surface area (Å²) < 4.78 is 23.3. The molecule has 0 spiro atoms. The summed E-state index contributed by atoms with van der Waals surface area (Å²) in [5.74, 6) is 0. The third-order valence-electron chi connectivity index (χ3n) is 5.21. The Morgan fingerprint density at radius 1 is 1.15 bits per heavy atom. The number of sulfonamides is 1. The third-order valence-corrected chi connectivity index (χ3v) is 6.10. The van der Waals surface area contributed by atoms with Crippen LogP contribution in [0.2, 0.25) is 0 Å². The predicted molar refractivity (Wildman–Crippen MR) is 98.8 cm³/mol. The first kappa shape index (κ1) is 19.0. The number of likely N-dealkylation sites (tertiary alicyclic amines) is 1. The normalized spacial score (nSPS) is 23.2. The number of nitro benzene ring substituents is 1. The van der Waals surface area contributed by atoms with E-state index in [0.717, 1.165) is 32.2 Å². The van der Waals surface area contributed by atoms with E-state index in [1.165, 1.54) is 25.0 Å². The zero-order chi connectivity index (χ0) is 18.9. The second kappa shape index (κ2) is 7.47. The maximum absolute atomic E-state index is 11.7. The highest BCUT2D eigenvalue weighted by molar-refractivity contribution is 7.89. The number of nitrogens with zero attached hydrogens (tertiary/aromatic N) is 4. The average Bonchev–Trinajstić information content (AvgIpc) is 2.61. The average molecular weight is 383 g/mol. The van der Waals surface area contributed by atoms with Crippen LogP contribution in [0.15, 0.2) is 23.1 Å². The van der Waals surface area contributed by atoms with Crippen LogP contribution in [-0.4, -0.2) is 75.5 Å². The Labute approximate surface area is 153 Å². The van der Waals surface area contributed by atoms with Crippen molar-refractivity contribution in [1.82, 2.24) is 9.80 Å². The Kier molecular flexibility index (Phi) is 5.47. The van der Waals surface area contributed by atoms with E-state index in [-0.39, 0.29) is 10.6 Å². The Bertz CT molecular complexity index is 777. The van der Waals surface area contributed by atoms with Crippen molar-refractivity contribution < 1.29 is 13.3 Å². The molecule has 2 fully saturated rings. The van der Waals surface area contributed by atoms with Gasteiger partial charge in [-0.3, -0.25) is 15.0 Å². The lowest BCUT2D eigenvalue weighted by Crippen LogP contribution is -2.54. The molecule has 144 valence electrons. The zero-order valence-corrected chi connectivity index (χ0v) is 15.7. The van der Waals surface area contributed by atoms with Gasteiger partial charge in [-0.1, -0.05) is 0 Å². The largest absolute Gasteiger partial charge is 0.369 e. The first-order chi connectivity index (χ1) is 12.2. The topological polar surface area (TPSA) is 113 Å². The minimum atomic E-state index is -4.00. The van der Waals surface area contributed by atoms with Gasteiger partial charge in [0.05, 0.1) is 9.82 Å². The minimum absolute atomic E-state index is 0.224. The van der Waals surface area contributed by atoms with Crippen molar-refractivity contribution in [3.8, 4) is 0 Å². The van der Waals surface area contributed by atoms with E-state index in [2.05, 4.69) is 16.8 Å². The number of piperazine rings is 1. The van der Waals surface area contributed by atoms with E-state index in [9.17, 15) is 18.5 Å². The van der Waals surface area contributed by atoms with Gasteiger partial charge in [0.1, 0.15) is 0 Å². The van der Waals surface area contributed by atoms with Gasteiger partial charge in [-0.2, -0.15) is 0 Å². The number of anilines is 1. The Morgan fingerprint density at radius 2 is 1.85 bits per heavy atom. The second-order valence-electron chi connectivity index (χ2n) is 7.07. The molecule has 0 radical (unpaired) electrons. The van der Waals surface area contributed by atoms with Crippen LogP contribution in [0.4, 0.5) is 11.4 Å². The number of piperidine rings is 1. The second-order valence-corrected chi connectivity index (χ2v) is 8.63. The molecule has 0 bridgehead atoms. The van der Waals surface area contributed by atoms with Crippen molar-refractivity contribution in [1.29, 1.82) is 0 Å². The van der Waals surface area contributed by atoms with E-state index in [0.29, 0.717) is 24.8 Å². The van der Waals surface area contributed by atoms with Gasteiger partial charge in [0.2, 0.25) is 10.0 Å². The number of non-ortho nitro benzene ring substituents is 1. The Morgan fingerprint density at radius 3 is 2.42 bits per heavy atom. The summed E-state index contributed by atoms with van der Waals surface area (Å²) in [5, 5.41) is 16.3. The summed E-state index contributed by atoms with van der Waals surface area (Å²) in [6, 6.07) is 4.39. The monoisotopic (exact) mass is 383 g/mol. The van der Waals surface area contributed by atoms with Crippen LogP contribution in [0.5, 0.6) is 0 Å². The number of primary sulfonamides is 1. The number of rotatable bonds is 4. The van der Waals surface area contributed by atoms with Crippen molar-refractivity contribution in [2.45, 2.75) is 23.8 Å². The number of likely N-dealkylation sites (N-methyl/N-ethyl adjacent to an activating group) is 1. The maximum Gasteiger partial charge on any atom is 0.272 e. The maximum atomic E-state index is 11.7. The van der Waals surface area contributed by atoms with Gasteiger partial charge in [-0.15, -0.1) is 0 Å².